The van der Waals surface area contributed by atoms with Crippen molar-refractivity contribution in [3.8, 4) is 5.88 Å². The number of nitrogens with zero attached hydrogens (tertiary/aromatic N) is 1. The highest BCUT2D eigenvalue weighted by Crippen LogP contribution is 2.33. The summed E-state index contributed by atoms with van der Waals surface area (Å²) in [5, 5.41) is 3.34. The fourth-order valence-electron chi connectivity index (χ4n) is 2.81. The molecular formula is C14H20N2O. The third-order valence-corrected chi connectivity index (χ3v) is 3.82. The zero-order valence-electron chi connectivity index (χ0n) is 10.2. The summed E-state index contributed by atoms with van der Waals surface area (Å²) in [6.07, 6.45) is 6.69. The van der Waals surface area contributed by atoms with Crippen molar-refractivity contribution < 1.29 is 4.74 Å². The van der Waals surface area contributed by atoms with E-state index in [-0.39, 0.29) is 0 Å². The molecule has 17 heavy (non-hydrogen) atoms. The molecule has 2 aliphatic rings. The van der Waals surface area contributed by atoms with E-state index in [0.29, 0.717) is 5.92 Å². The Balaban J connectivity index is 1.83. The molecule has 0 aromatic carbocycles. The van der Waals surface area contributed by atoms with Crippen LogP contribution in [-0.4, -0.2) is 18.1 Å². The third kappa shape index (κ3) is 2.44. The molecule has 3 heteroatoms. The van der Waals surface area contributed by atoms with Gasteiger partial charge < -0.3 is 10.1 Å². The fourth-order valence-corrected chi connectivity index (χ4v) is 2.81. The summed E-state index contributed by atoms with van der Waals surface area (Å²) in [5.41, 5.74) is 2.44. The van der Waals surface area contributed by atoms with Gasteiger partial charge in [0.2, 0.25) is 5.88 Å². The van der Waals surface area contributed by atoms with E-state index in [1.807, 2.05) is 0 Å². The van der Waals surface area contributed by atoms with Gasteiger partial charge >= 0.3 is 0 Å². The van der Waals surface area contributed by atoms with Crippen molar-refractivity contribution in [2.24, 2.45) is 0 Å². The van der Waals surface area contributed by atoms with Crippen molar-refractivity contribution in [3.63, 3.8) is 0 Å². The van der Waals surface area contributed by atoms with Crippen LogP contribution in [0.1, 0.15) is 49.3 Å². The third-order valence-electron chi connectivity index (χ3n) is 3.82. The summed E-state index contributed by atoms with van der Waals surface area (Å²) in [4.78, 5) is 4.73. The van der Waals surface area contributed by atoms with Crippen LogP contribution in [0.25, 0.3) is 0 Å². The van der Waals surface area contributed by atoms with E-state index in [1.165, 1.54) is 43.4 Å². The second-order valence-corrected chi connectivity index (χ2v) is 5.06. The molecule has 0 bridgehead atoms. The molecule has 3 nitrogen and oxygen atoms in total. The molecule has 1 aliphatic heterocycles. The first-order valence-corrected chi connectivity index (χ1v) is 6.77. The minimum Gasteiger partial charge on any atom is -0.476 e. The van der Waals surface area contributed by atoms with Crippen molar-refractivity contribution in [3.05, 3.63) is 23.4 Å². The SMILES string of the molecule is c1cc2c(nc1C1CCCCC1)OCCNC2. The molecule has 0 radical (unpaired) electrons. The summed E-state index contributed by atoms with van der Waals surface area (Å²) in [7, 11) is 0. The zero-order valence-corrected chi connectivity index (χ0v) is 10.2. The lowest BCUT2D eigenvalue weighted by Crippen LogP contribution is -2.16. The molecule has 2 heterocycles. The number of pyridine rings is 1. The summed E-state index contributed by atoms with van der Waals surface area (Å²) in [6.45, 7) is 2.52. The van der Waals surface area contributed by atoms with Crippen LogP contribution in [0, 0.1) is 0 Å². The van der Waals surface area contributed by atoms with E-state index in [0.717, 1.165) is 25.6 Å². The predicted molar refractivity (Wildman–Crippen MR) is 67.3 cm³/mol. The second kappa shape index (κ2) is 5.05. The molecule has 1 aromatic rings. The average Bonchev–Trinajstić information content (AvgIpc) is 2.64. The fraction of sp³-hybridized carbons (Fsp3) is 0.643. The highest BCUT2D eigenvalue weighted by molar-refractivity contribution is 5.30. The Hall–Kier alpha value is -1.09. The van der Waals surface area contributed by atoms with Crippen LogP contribution in [0.4, 0.5) is 0 Å². The maximum atomic E-state index is 5.71. The van der Waals surface area contributed by atoms with E-state index in [4.69, 9.17) is 9.72 Å². The minimum absolute atomic E-state index is 0.661. The standard InChI is InChI=1S/C14H20N2O/c1-2-4-11(5-3-1)13-7-6-12-10-15-8-9-17-14(12)16-13/h6-7,11,15H,1-5,8-10H2. The molecule has 0 unspecified atom stereocenters. The van der Waals surface area contributed by atoms with Gasteiger partial charge in [0.15, 0.2) is 0 Å². The van der Waals surface area contributed by atoms with Gasteiger partial charge in [0.1, 0.15) is 6.61 Å². The number of fused-ring (bicyclic) bond motifs is 1. The molecule has 1 aromatic heterocycles. The van der Waals surface area contributed by atoms with Crippen LogP contribution in [0.2, 0.25) is 0 Å². The average molecular weight is 232 g/mol. The predicted octanol–water partition coefficient (Wildman–Crippen LogP) is 2.61. The van der Waals surface area contributed by atoms with E-state index in [9.17, 15) is 0 Å². The number of hydrogen-bond donors (Lipinski definition) is 1. The molecule has 0 saturated heterocycles. The van der Waals surface area contributed by atoms with Gasteiger partial charge in [-0.1, -0.05) is 25.3 Å². The van der Waals surface area contributed by atoms with Gasteiger partial charge in [0.05, 0.1) is 0 Å². The van der Waals surface area contributed by atoms with E-state index < -0.39 is 0 Å². The van der Waals surface area contributed by atoms with Crippen molar-refractivity contribution >= 4 is 0 Å². The van der Waals surface area contributed by atoms with Gasteiger partial charge in [-0.2, -0.15) is 0 Å². The molecular weight excluding hydrogens is 212 g/mol. The first-order chi connectivity index (χ1) is 8.43. The topological polar surface area (TPSA) is 34.1 Å². The van der Waals surface area contributed by atoms with Crippen LogP contribution in [-0.2, 0) is 6.54 Å². The van der Waals surface area contributed by atoms with E-state index >= 15 is 0 Å². The second-order valence-electron chi connectivity index (χ2n) is 5.06. The Morgan fingerprint density at radius 3 is 2.94 bits per heavy atom. The Labute approximate surface area is 103 Å². The number of nitrogens with one attached hydrogen (secondary N) is 1. The lowest BCUT2D eigenvalue weighted by molar-refractivity contribution is 0.311. The number of ether oxygens (including phenoxy) is 1. The van der Waals surface area contributed by atoms with Crippen molar-refractivity contribution in [1.29, 1.82) is 0 Å². The Kier molecular flexibility index (Phi) is 3.27. The molecule has 92 valence electrons. The lowest BCUT2D eigenvalue weighted by atomic mass is 9.86. The van der Waals surface area contributed by atoms with Crippen LogP contribution in [0.15, 0.2) is 12.1 Å². The number of hydrogen-bond acceptors (Lipinski definition) is 3. The van der Waals surface area contributed by atoms with Gasteiger partial charge in [-0.3, -0.25) is 0 Å². The summed E-state index contributed by atoms with van der Waals surface area (Å²) < 4.78 is 5.71. The normalized spacial score (nSPS) is 21.4. The monoisotopic (exact) mass is 232 g/mol. The van der Waals surface area contributed by atoms with Crippen LogP contribution < -0.4 is 10.1 Å². The molecule has 1 fully saturated rings. The van der Waals surface area contributed by atoms with E-state index in [2.05, 4.69) is 17.4 Å². The smallest absolute Gasteiger partial charge is 0.218 e. The first-order valence-electron chi connectivity index (χ1n) is 6.77. The Bertz CT molecular complexity index is 386. The van der Waals surface area contributed by atoms with Crippen LogP contribution >= 0.6 is 0 Å². The van der Waals surface area contributed by atoms with Gasteiger partial charge in [0, 0.05) is 30.3 Å². The summed E-state index contributed by atoms with van der Waals surface area (Å²) >= 11 is 0. The van der Waals surface area contributed by atoms with Gasteiger partial charge in [-0.05, 0) is 18.9 Å². The van der Waals surface area contributed by atoms with Crippen molar-refractivity contribution in [2.45, 2.75) is 44.6 Å². The molecule has 1 N–H and O–H groups in total. The maximum absolute atomic E-state index is 5.71. The summed E-state index contributed by atoms with van der Waals surface area (Å²) in [5.74, 6) is 1.52. The minimum atomic E-state index is 0.661. The Morgan fingerprint density at radius 1 is 1.18 bits per heavy atom. The first kappa shape index (κ1) is 11.0. The Morgan fingerprint density at radius 2 is 2.06 bits per heavy atom. The van der Waals surface area contributed by atoms with Gasteiger partial charge in [0.25, 0.3) is 0 Å². The molecule has 3 rings (SSSR count). The largest absolute Gasteiger partial charge is 0.476 e. The molecule has 0 amide bonds. The summed E-state index contributed by atoms with van der Waals surface area (Å²) in [6, 6.07) is 4.38. The maximum Gasteiger partial charge on any atom is 0.218 e. The molecule has 0 spiro atoms. The molecule has 0 atom stereocenters. The quantitative estimate of drug-likeness (QED) is 0.808. The van der Waals surface area contributed by atoms with Crippen molar-refractivity contribution in [2.75, 3.05) is 13.2 Å². The van der Waals surface area contributed by atoms with Crippen LogP contribution in [0.3, 0.4) is 0 Å². The highest BCUT2D eigenvalue weighted by atomic mass is 16.5. The molecule has 1 aliphatic carbocycles. The van der Waals surface area contributed by atoms with Crippen molar-refractivity contribution in [1.82, 2.24) is 10.3 Å². The zero-order chi connectivity index (χ0) is 11.5. The number of aromatic nitrogens is 1. The highest BCUT2D eigenvalue weighted by Gasteiger charge is 2.19. The molecule has 1 saturated carbocycles. The van der Waals surface area contributed by atoms with E-state index in [1.54, 1.807) is 0 Å². The lowest BCUT2D eigenvalue weighted by Gasteiger charge is -2.21. The van der Waals surface area contributed by atoms with Crippen LogP contribution in [0.5, 0.6) is 5.88 Å². The number of rotatable bonds is 1. The van der Waals surface area contributed by atoms with Gasteiger partial charge in [-0.25, -0.2) is 4.98 Å². The van der Waals surface area contributed by atoms with Gasteiger partial charge in [-0.15, -0.1) is 0 Å².